The SMILES string of the molecule is Cc1nsc(NC(C)(CN)C2CC2)n1. The molecule has 78 valence electrons. The first-order valence-electron chi connectivity index (χ1n) is 4.92. The zero-order chi connectivity index (χ0) is 10.2. The zero-order valence-electron chi connectivity index (χ0n) is 8.58. The van der Waals surface area contributed by atoms with E-state index in [9.17, 15) is 0 Å². The number of aromatic nitrogens is 2. The van der Waals surface area contributed by atoms with E-state index in [0.29, 0.717) is 12.5 Å². The molecule has 1 heterocycles. The molecule has 4 nitrogen and oxygen atoms in total. The van der Waals surface area contributed by atoms with Gasteiger partial charge in [-0.15, -0.1) is 0 Å². The molecule has 1 aromatic heterocycles. The van der Waals surface area contributed by atoms with Crippen molar-refractivity contribution in [1.82, 2.24) is 9.36 Å². The van der Waals surface area contributed by atoms with Gasteiger partial charge < -0.3 is 11.1 Å². The van der Waals surface area contributed by atoms with Crippen LogP contribution in [0, 0.1) is 12.8 Å². The Morgan fingerprint density at radius 1 is 1.64 bits per heavy atom. The molecule has 1 aromatic rings. The van der Waals surface area contributed by atoms with Gasteiger partial charge in [0.05, 0.1) is 5.54 Å². The first-order chi connectivity index (χ1) is 6.64. The van der Waals surface area contributed by atoms with E-state index in [1.165, 1.54) is 24.4 Å². The number of rotatable bonds is 4. The van der Waals surface area contributed by atoms with Crippen molar-refractivity contribution in [2.24, 2.45) is 11.7 Å². The van der Waals surface area contributed by atoms with E-state index in [4.69, 9.17) is 5.73 Å². The van der Waals surface area contributed by atoms with Crippen molar-refractivity contribution < 1.29 is 0 Å². The van der Waals surface area contributed by atoms with Crippen LogP contribution in [0.5, 0.6) is 0 Å². The molecule has 1 unspecified atom stereocenters. The van der Waals surface area contributed by atoms with Gasteiger partial charge in [0.25, 0.3) is 0 Å². The van der Waals surface area contributed by atoms with Gasteiger partial charge in [0.1, 0.15) is 5.82 Å². The van der Waals surface area contributed by atoms with Crippen LogP contribution in [-0.4, -0.2) is 21.4 Å². The van der Waals surface area contributed by atoms with E-state index in [1.807, 2.05) is 6.92 Å². The molecule has 1 atom stereocenters. The van der Waals surface area contributed by atoms with E-state index in [0.717, 1.165) is 11.0 Å². The van der Waals surface area contributed by atoms with Crippen molar-refractivity contribution in [2.75, 3.05) is 11.9 Å². The van der Waals surface area contributed by atoms with Crippen LogP contribution >= 0.6 is 11.5 Å². The number of nitrogens with zero attached hydrogens (tertiary/aromatic N) is 2. The van der Waals surface area contributed by atoms with Gasteiger partial charge in [-0.25, -0.2) is 4.98 Å². The van der Waals surface area contributed by atoms with Crippen molar-refractivity contribution in [2.45, 2.75) is 32.2 Å². The van der Waals surface area contributed by atoms with E-state index in [2.05, 4.69) is 21.6 Å². The van der Waals surface area contributed by atoms with Crippen LogP contribution < -0.4 is 11.1 Å². The molecule has 0 radical (unpaired) electrons. The summed E-state index contributed by atoms with van der Waals surface area (Å²) in [7, 11) is 0. The fourth-order valence-electron chi connectivity index (χ4n) is 1.63. The summed E-state index contributed by atoms with van der Waals surface area (Å²) < 4.78 is 4.14. The van der Waals surface area contributed by atoms with E-state index >= 15 is 0 Å². The Bertz CT molecular complexity index is 320. The molecule has 1 aliphatic rings. The van der Waals surface area contributed by atoms with Gasteiger partial charge >= 0.3 is 0 Å². The highest BCUT2D eigenvalue weighted by molar-refractivity contribution is 7.09. The lowest BCUT2D eigenvalue weighted by Crippen LogP contribution is -2.44. The highest BCUT2D eigenvalue weighted by atomic mass is 32.1. The van der Waals surface area contributed by atoms with E-state index in [-0.39, 0.29) is 5.54 Å². The van der Waals surface area contributed by atoms with Crippen molar-refractivity contribution >= 4 is 16.7 Å². The zero-order valence-corrected chi connectivity index (χ0v) is 9.40. The maximum atomic E-state index is 5.80. The summed E-state index contributed by atoms with van der Waals surface area (Å²) in [6, 6.07) is 0. The first kappa shape index (κ1) is 9.86. The van der Waals surface area contributed by atoms with Crippen LogP contribution in [0.25, 0.3) is 0 Å². The van der Waals surface area contributed by atoms with E-state index in [1.54, 1.807) is 0 Å². The van der Waals surface area contributed by atoms with Gasteiger partial charge in [0.15, 0.2) is 0 Å². The molecule has 1 saturated carbocycles. The monoisotopic (exact) mass is 212 g/mol. The Balaban J connectivity index is 2.07. The van der Waals surface area contributed by atoms with Crippen molar-refractivity contribution in [3.05, 3.63) is 5.82 Å². The number of anilines is 1. The van der Waals surface area contributed by atoms with Crippen LogP contribution in [0.1, 0.15) is 25.6 Å². The lowest BCUT2D eigenvalue weighted by molar-refractivity contribution is 0.459. The molecular formula is C9H16N4S. The summed E-state index contributed by atoms with van der Waals surface area (Å²) in [6.07, 6.45) is 2.55. The summed E-state index contributed by atoms with van der Waals surface area (Å²) in [5.41, 5.74) is 5.80. The topological polar surface area (TPSA) is 63.8 Å². The molecule has 0 spiro atoms. The third-order valence-corrected chi connectivity index (χ3v) is 3.54. The number of nitrogens with two attached hydrogens (primary N) is 1. The number of hydrogen-bond donors (Lipinski definition) is 2. The van der Waals surface area contributed by atoms with Crippen LogP contribution in [0.3, 0.4) is 0 Å². The van der Waals surface area contributed by atoms with Crippen molar-refractivity contribution in [1.29, 1.82) is 0 Å². The van der Waals surface area contributed by atoms with Gasteiger partial charge in [0, 0.05) is 18.1 Å². The molecule has 1 aliphatic carbocycles. The molecule has 0 bridgehead atoms. The molecule has 14 heavy (non-hydrogen) atoms. The smallest absolute Gasteiger partial charge is 0.203 e. The Kier molecular flexibility index (Phi) is 2.45. The van der Waals surface area contributed by atoms with Crippen LogP contribution in [-0.2, 0) is 0 Å². The van der Waals surface area contributed by atoms with Crippen molar-refractivity contribution in [3.8, 4) is 0 Å². The molecule has 0 amide bonds. The lowest BCUT2D eigenvalue weighted by atomic mass is 9.96. The summed E-state index contributed by atoms with van der Waals surface area (Å²) >= 11 is 1.41. The second kappa shape index (κ2) is 3.47. The molecule has 0 aromatic carbocycles. The molecule has 2 rings (SSSR count). The second-order valence-corrected chi connectivity index (χ2v) is 4.92. The van der Waals surface area contributed by atoms with Gasteiger partial charge in [-0.05, 0) is 32.6 Å². The fourth-order valence-corrected chi connectivity index (χ4v) is 2.34. The third kappa shape index (κ3) is 1.88. The number of hydrogen-bond acceptors (Lipinski definition) is 5. The van der Waals surface area contributed by atoms with E-state index < -0.39 is 0 Å². The maximum Gasteiger partial charge on any atom is 0.203 e. The van der Waals surface area contributed by atoms with Crippen LogP contribution in [0.2, 0.25) is 0 Å². The first-order valence-corrected chi connectivity index (χ1v) is 5.70. The molecule has 5 heteroatoms. The quantitative estimate of drug-likeness (QED) is 0.791. The highest BCUT2D eigenvalue weighted by Crippen LogP contribution is 2.40. The minimum absolute atomic E-state index is 0.00593. The Morgan fingerprint density at radius 2 is 2.36 bits per heavy atom. The fraction of sp³-hybridized carbons (Fsp3) is 0.778. The minimum Gasteiger partial charge on any atom is -0.354 e. The minimum atomic E-state index is 0.00593. The van der Waals surface area contributed by atoms with Gasteiger partial charge in [-0.2, -0.15) is 4.37 Å². The molecule has 3 N–H and O–H groups in total. The summed E-state index contributed by atoms with van der Waals surface area (Å²) in [4.78, 5) is 4.29. The predicted octanol–water partition coefficient (Wildman–Crippen LogP) is 1.39. The number of aryl methyl sites for hydroxylation is 1. The van der Waals surface area contributed by atoms with Gasteiger partial charge in [-0.3, -0.25) is 0 Å². The molecule has 1 fully saturated rings. The second-order valence-electron chi connectivity index (χ2n) is 4.17. The molecular weight excluding hydrogens is 196 g/mol. The Labute approximate surface area is 88.1 Å². The standard InChI is InChI=1S/C9H16N4S/c1-6-11-8(14-13-6)12-9(2,5-10)7-3-4-7/h7H,3-5,10H2,1-2H3,(H,11,12,13). The summed E-state index contributed by atoms with van der Waals surface area (Å²) in [5.74, 6) is 1.53. The predicted molar refractivity (Wildman–Crippen MR) is 58.5 cm³/mol. The Hall–Kier alpha value is -0.680. The Morgan fingerprint density at radius 3 is 2.79 bits per heavy atom. The van der Waals surface area contributed by atoms with Gasteiger partial charge in [0.2, 0.25) is 5.13 Å². The number of nitrogens with one attached hydrogen (secondary N) is 1. The summed E-state index contributed by atoms with van der Waals surface area (Å²) in [6.45, 7) is 4.72. The van der Waals surface area contributed by atoms with Gasteiger partial charge in [-0.1, -0.05) is 0 Å². The largest absolute Gasteiger partial charge is 0.354 e. The third-order valence-electron chi connectivity index (χ3n) is 2.82. The average Bonchev–Trinajstić information content (AvgIpc) is 2.93. The summed E-state index contributed by atoms with van der Waals surface area (Å²) in [5, 5.41) is 4.30. The maximum absolute atomic E-state index is 5.80. The molecule has 0 aliphatic heterocycles. The average molecular weight is 212 g/mol. The van der Waals surface area contributed by atoms with Crippen LogP contribution in [0.15, 0.2) is 0 Å². The normalized spacial score (nSPS) is 20.5. The molecule has 0 saturated heterocycles. The van der Waals surface area contributed by atoms with Crippen LogP contribution in [0.4, 0.5) is 5.13 Å². The lowest BCUT2D eigenvalue weighted by Gasteiger charge is -2.28. The highest BCUT2D eigenvalue weighted by Gasteiger charge is 2.40. The van der Waals surface area contributed by atoms with Crippen molar-refractivity contribution in [3.63, 3.8) is 0 Å².